The second-order valence-corrected chi connectivity index (χ2v) is 5.94. The number of carbonyl (C=O) groups is 1. The Balaban J connectivity index is 0.00000280. The highest BCUT2D eigenvalue weighted by molar-refractivity contribution is 6.07. The molecular weight excluding hydrogens is 397 g/mol. The minimum atomic E-state index is -4.56. The van der Waals surface area contributed by atoms with Crippen LogP contribution in [0.4, 0.5) is 13.2 Å². The van der Waals surface area contributed by atoms with Crippen molar-refractivity contribution in [3.63, 3.8) is 0 Å². The highest BCUT2D eigenvalue weighted by atomic mass is 35.5. The summed E-state index contributed by atoms with van der Waals surface area (Å²) in [6.45, 7) is 2.38. The van der Waals surface area contributed by atoms with E-state index in [4.69, 9.17) is 10.3 Å². The van der Waals surface area contributed by atoms with Crippen molar-refractivity contribution in [2.24, 2.45) is 5.73 Å². The smallest absolute Gasteiger partial charge is 0.352 e. The van der Waals surface area contributed by atoms with E-state index in [0.717, 1.165) is 6.07 Å². The third kappa shape index (κ3) is 4.26. The molecule has 2 aromatic heterocycles. The van der Waals surface area contributed by atoms with Crippen LogP contribution >= 0.6 is 12.4 Å². The van der Waals surface area contributed by atoms with Crippen molar-refractivity contribution in [2.75, 3.05) is 13.1 Å². The Morgan fingerprint density at radius 1 is 1.29 bits per heavy atom. The molecule has 0 fully saturated rings. The maximum atomic E-state index is 13.4. The number of pyridine rings is 1. The summed E-state index contributed by atoms with van der Waals surface area (Å²) in [6, 6.07) is 6.37. The van der Waals surface area contributed by atoms with Gasteiger partial charge in [0.2, 0.25) is 0 Å². The van der Waals surface area contributed by atoms with E-state index >= 15 is 0 Å². The molecule has 3 N–H and O–H groups in total. The van der Waals surface area contributed by atoms with Crippen molar-refractivity contribution in [3.8, 4) is 11.3 Å². The number of fused-ring (bicyclic) bond motifs is 1. The largest absolute Gasteiger partial charge is 0.417 e. The van der Waals surface area contributed by atoms with Gasteiger partial charge in [-0.05, 0) is 32.0 Å². The van der Waals surface area contributed by atoms with E-state index in [0.29, 0.717) is 30.6 Å². The van der Waals surface area contributed by atoms with Crippen LogP contribution < -0.4 is 11.1 Å². The summed E-state index contributed by atoms with van der Waals surface area (Å²) in [7, 11) is 0. The number of alkyl halides is 3. The van der Waals surface area contributed by atoms with Crippen molar-refractivity contribution in [3.05, 3.63) is 47.2 Å². The molecule has 0 saturated heterocycles. The summed E-state index contributed by atoms with van der Waals surface area (Å²) in [5, 5.41) is 6.84. The lowest BCUT2D eigenvalue weighted by atomic mass is 10.0. The molecule has 1 amide bonds. The first kappa shape index (κ1) is 21.6. The molecule has 0 atom stereocenters. The molecule has 0 aliphatic rings. The number of aromatic nitrogens is 2. The van der Waals surface area contributed by atoms with Crippen molar-refractivity contribution in [1.82, 2.24) is 15.5 Å². The first-order chi connectivity index (χ1) is 12.8. The van der Waals surface area contributed by atoms with Crippen molar-refractivity contribution in [1.29, 1.82) is 0 Å². The Morgan fingerprint density at radius 2 is 2.00 bits per heavy atom. The van der Waals surface area contributed by atoms with Crippen LogP contribution in [0.1, 0.15) is 28.0 Å². The zero-order valence-corrected chi connectivity index (χ0v) is 15.7. The maximum absolute atomic E-state index is 13.4. The molecular formula is C18H18ClF3N4O2. The molecule has 1 aromatic carbocycles. The SMILES string of the molecule is Cc1noc2nc(-c3ccccc3C(F)(F)F)cc(C(=O)NCCCN)c12.Cl. The van der Waals surface area contributed by atoms with E-state index in [2.05, 4.69) is 15.5 Å². The van der Waals surface area contributed by atoms with Gasteiger partial charge in [-0.25, -0.2) is 4.98 Å². The number of halogens is 4. The fourth-order valence-corrected chi connectivity index (χ4v) is 2.76. The fraction of sp³-hybridized carbons (Fsp3) is 0.278. The van der Waals surface area contributed by atoms with Gasteiger partial charge in [0.15, 0.2) is 0 Å². The summed E-state index contributed by atoms with van der Waals surface area (Å²) < 4.78 is 45.2. The van der Waals surface area contributed by atoms with Crippen LogP contribution in [0.2, 0.25) is 0 Å². The number of hydrogen-bond acceptors (Lipinski definition) is 5. The predicted octanol–water partition coefficient (Wildman–Crippen LogP) is 3.72. The van der Waals surface area contributed by atoms with Crippen molar-refractivity contribution < 1.29 is 22.5 Å². The van der Waals surface area contributed by atoms with Gasteiger partial charge in [-0.1, -0.05) is 23.4 Å². The van der Waals surface area contributed by atoms with Gasteiger partial charge < -0.3 is 15.6 Å². The Bertz CT molecular complexity index is 989. The van der Waals surface area contributed by atoms with Crippen molar-refractivity contribution in [2.45, 2.75) is 19.5 Å². The topological polar surface area (TPSA) is 94.0 Å². The van der Waals surface area contributed by atoms with Crippen LogP contribution in [0.3, 0.4) is 0 Å². The Hall–Kier alpha value is -2.65. The normalized spacial score (nSPS) is 11.3. The van der Waals surface area contributed by atoms with E-state index in [1.54, 1.807) is 6.92 Å². The van der Waals surface area contributed by atoms with Crippen LogP contribution in [0.25, 0.3) is 22.4 Å². The van der Waals surface area contributed by atoms with Gasteiger partial charge in [-0.3, -0.25) is 4.79 Å². The van der Waals surface area contributed by atoms with E-state index in [-0.39, 0.29) is 34.9 Å². The van der Waals surface area contributed by atoms with Crippen LogP contribution in [0.15, 0.2) is 34.9 Å². The highest BCUT2D eigenvalue weighted by Gasteiger charge is 2.34. The summed E-state index contributed by atoms with van der Waals surface area (Å²) in [5.74, 6) is -0.451. The van der Waals surface area contributed by atoms with Crippen LogP contribution in [-0.2, 0) is 6.18 Å². The molecule has 10 heteroatoms. The second kappa shape index (κ2) is 8.57. The number of hydrogen-bond donors (Lipinski definition) is 2. The minimum Gasteiger partial charge on any atom is -0.352 e. The number of nitrogens with zero attached hydrogens (tertiary/aromatic N) is 2. The number of benzene rings is 1. The number of aryl methyl sites for hydroxylation is 1. The van der Waals surface area contributed by atoms with E-state index in [1.165, 1.54) is 24.3 Å². The lowest BCUT2D eigenvalue weighted by Crippen LogP contribution is -2.26. The summed E-state index contributed by atoms with van der Waals surface area (Å²) in [6.07, 6.45) is -3.99. The molecule has 0 radical (unpaired) electrons. The summed E-state index contributed by atoms with van der Waals surface area (Å²) in [4.78, 5) is 16.7. The highest BCUT2D eigenvalue weighted by Crippen LogP contribution is 2.37. The molecule has 3 rings (SSSR count). The maximum Gasteiger partial charge on any atom is 0.417 e. The van der Waals surface area contributed by atoms with Gasteiger partial charge in [0.25, 0.3) is 11.6 Å². The van der Waals surface area contributed by atoms with Crippen LogP contribution in [0.5, 0.6) is 0 Å². The van der Waals surface area contributed by atoms with Crippen LogP contribution in [-0.4, -0.2) is 29.1 Å². The van der Waals surface area contributed by atoms with Gasteiger partial charge in [0.05, 0.1) is 27.9 Å². The molecule has 0 bridgehead atoms. The summed E-state index contributed by atoms with van der Waals surface area (Å²) >= 11 is 0. The van der Waals surface area contributed by atoms with Gasteiger partial charge in [0, 0.05) is 12.1 Å². The number of rotatable bonds is 5. The molecule has 0 aliphatic carbocycles. The first-order valence-electron chi connectivity index (χ1n) is 8.25. The molecule has 6 nitrogen and oxygen atoms in total. The third-order valence-electron chi connectivity index (χ3n) is 4.04. The quantitative estimate of drug-likeness (QED) is 0.620. The molecule has 0 saturated carbocycles. The average Bonchev–Trinajstić information content (AvgIpc) is 3.01. The molecule has 0 unspecified atom stereocenters. The van der Waals surface area contributed by atoms with Crippen LogP contribution in [0, 0.1) is 6.92 Å². The molecule has 0 spiro atoms. The fourth-order valence-electron chi connectivity index (χ4n) is 2.76. The molecule has 2 heterocycles. The Morgan fingerprint density at radius 3 is 2.68 bits per heavy atom. The van der Waals surface area contributed by atoms with Gasteiger partial charge in [-0.15, -0.1) is 12.4 Å². The standard InChI is InChI=1S/C18H17F3N4O2.ClH/c1-10-15-12(16(26)23-8-4-7-22)9-14(24-17(15)27-25-10)11-5-2-3-6-13(11)18(19,20)21;/h2-3,5-6,9H,4,7-8,22H2,1H3,(H,23,26);1H. The lowest BCUT2D eigenvalue weighted by Gasteiger charge is -2.13. The van der Waals surface area contributed by atoms with Gasteiger partial charge in [0.1, 0.15) is 0 Å². The monoisotopic (exact) mass is 414 g/mol. The predicted molar refractivity (Wildman–Crippen MR) is 100 cm³/mol. The zero-order valence-electron chi connectivity index (χ0n) is 14.8. The Kier molecular flexibility index (Phi) is 6.63. The zero-order chi connectivity index (χ0) is 19.6. The van der Waals surface area contributed by atoms with Gasteiger partial charge >= 0.3 is 6.18 Å². The van der Waals surface area contributed by atoms with E-state index in [9.17, 15) is 18.0 Å². The van der Waals surface area contributed by atoms with E-state index in [1.807, 2.05) is 0 Å². The Labute approximate surface area is 164 Å². The number of nitrogens with one attached hydrogen (secondary N) is 1. The second-order valence-electron chi connectivity index (χ2n) is 5.94. The first-order valence-corrected chi connectivity index (χ1v) is 8.25. The van der Waals surface area contributed by atoms with E-state index < -0.39 is 17.6 Å². The lowest BCUT2D eigenvalue weighted by molar-refractivity contribution is -0.137. The third-order valence-corrected chi connectivity index (χ3v) is 4.04. The molecule has 150 valence electrons. The molecule has 3 aromatic rings. The number of amides is 1. The molecule has 28 heavy (non-hydrogen) atoms. The number of carbonyl (C=O) groups excluding carboxylic acids is 1. The van der Waals surface area contributed by atoms with Crippen molar-refractivity contribution >= 4 is 29.4 Å². The number of nitrogens with two attached hydrogens (primary N) is 1. The average molecular weight is 415 g/mol. The molecule has 0 aliphatic heterocycles. The summed E-state index contributed by atoms with van der Waals surface area (Å²) in [5.41, 5.74) is 5.00. The van der Waals surface area contributed by atoms with Gasteiger partial charge in [-0.2, -0.15) is 13.2 Å². The minimum absolute atomic E-state index is 0.